The van der Waals surface area contributed by atoms with E-state index < -0.39 is 24.4 Å². The minimum absolute atomic E-state index is 0.237. The molecule has 0 saturated carbocycles. The third kappa shape index (κ3) is 5.92. The molecule has 0 saturated heterocycles. The standard InChI is InChI=1S/C17H16BrN3O4/c18-13-3-1-2-4-14(13)21-15(22)9-20-16(23)10-25-17(24)11-5-7-12(19)8-6-11/h1-8H,9-10,19H2,(H,20,23)(H,21,22). The number of benzene rings is 2. The number of anilines is 2. The van der Waals surface area contributed by atoms with Crippen LogP contribution in [0, 0.1) is 0 Å². The summed E-state index contributed by atoms with van der Waals surface area (Å²) in [7, 11) is 0. The molecule has 0 aliphatic carbocycles. The normalized spacial score (nSPS) is 9.96. The van der Waals surface area contributed by atoms with Crippen molar-refractivity contribution < 1.29 is 19.1 Å². The molecule has 25 heavy (non-hydrogen) atoms. The molecule has 7 nitrogen and oxygen atoms in total. The minimum Gasteiger partial charge on any atom is -0.452 e. The second-order valence-corrected chi connectivity index (χ2v) is 5.86. The highest BCUT2D eigenvalue weighted by Gasteiger charge is 2.11. The summed E-state index contributed by atoms with van der Waals surface area (Å²) in [6.45, 7) is -0.717. The summed E-state index contributed by atoms with van der Waals surface area (Å²) in [6.07, 6.45) is 0. The van der Waals surface area contributed by atoms with Crippen molar-refractivity contribution in [3.63, 3.8) is 0 Å². The molecule has 0 unspecified atom stereocenters. The largest absolute Gasteiger partial charge is 0.452 e. The van der Waals surface area contributed by atoms with Gasteiger partial charge < -0.3 is 21.1 Å². The Labute approximate surface area is 152 Å². The van der Waals surface area contributed by atoms with Crippen molar-refractivity contribution in [2.45, 2.75) is 0 Å². The fourth-order valence-electron chi connectivity index (χ4n) is 1.82. The van der Waals surface area contributed by atoms with Crippen molar-refractivity contribution >= 4 is 45.1 Å². The Hall–Kier alpha value is -2.87. The molecule has 2 aromatic rings. The second-order valence-electron chi connectivity index (χ2n) is 5.00. The number of nitrogens with two attached hydrogens (primary N) is 1. The van der Waals surface area contributed by atoms with Gasteiger partial charge in [-0.2, -0.15) is 0 Å². The van der Waals surface area contributed by atoms with E-state index in [-0.39, 0.29) is 12.1 Å². The number of esters is 1. The summed E-state index contributed by atoms with van der Waals surface area (Å²) in [5, 5.41) is 5.02. The molecule has 0 heterocycles. The predicted octanol–water partition coefficient (Wildman–Crippen LogP) is 1.94. The molecule has 4 N–H and O–H groups in total. The first-order valence-corrected chi connectivity index (χ1v) is 8.09. The summed E-state index contributed by atoms with van der Waals surface area (Å²) < 4.78 is 5.60. The number of carbonyl (C=O) groups is 3. The number of hydrogen-bond acceptors (Lipinski definition) is 5. The molecule has 0 spiro atoms. The SMILES string of the molecule is Nc1ccc(C(=O)OCC(=O)NCC(=O)Nc2ccccc2Br)cc1. The molecule has 0 aromatic heterocycles. The van der Waals surface area contributed by atoms with Crippen molar-refractivity contribution in [2.75, 3.05) is 24.2 Å². The molecule has 0 aliphatic rings. The first kappa shape index (κ1) is 18.5. The van der Waals surface area contributed by atoms with E-state index in [1.807, 2.05) is 6.07 Å². The maximum absolute atomic E-state index is 11.8. The Morgan fingerprint density at radius 3 is 2.36 bits per heavy atom. The highest BCUT2D eigenvalue weighted by molar-refractivity contribution is 9.10. The van der Waals surface area contributed by atoms with Gasteiger partial charge in [0.15, 0.2) is 6.61 Å². The third-order valence-corrected chi connectivity index (χ3v) is 3.77. The van der Waals surface area contributed by atoms with Crippen LogP contribution < -0.4 is 16.4 Å². The van der Waals surface area contributed by atoms with Crippen LogP contribution in [0.2, 0.25) is 0 Å². The Kier molecular flexibility index (Phi) is 6.53. The first-order valence-electron chi connectivity index (χ1n) is 7.29. The number of rotatable bonds is 6. The van der Waals surface area contributed by atoms with Crippen molar-refractivity contribution in [3.05, 3.63) is 58.6 Å². The van der Waals surface area contributed by atoms with Gasteiger partial charge in [0, 0.05) is 10.2 Å². The Morgan fingerprint density at radius 1 is 1.00 bits per heavy atom. The summed E-state index contributed by atoms with van der Waals surface area (Å²) >= 11 is 3.30. The van der Waals surface area contributed by atoms with E-state index in [0.717, 1.165) is 4.47 Å². The molecule has 2 aromatic carbocycles. The molecule has 0 atom stereocenters. The number of carbonyl (C=O) groups excluding carboxylic acids is 3. The van der Waals surface area contributed by atoms with E-state index in [9.17, 15) is 14.4 Å². The fraction of sp³-hybridized carbons (Fsp3) is 0.118. The zero-order chi connectivity index (χ0) is 18.2. The quantitative estimate of drug-likeness (QED) is 0.502. The van der Waals surface area contributed by atoms with Crippen molar-refractivity contribution in [2.24, 2.45) is 0 Å². The van der Waals surface area contributed by atoms with Crippen LogP contribution in [0.3, 0.4) is 0 Å². The summed E-state index contributed by atoms with van der Waals surface area (Å²) in [5.74, 6) is -1.62. The Bertz CT molecular complexity index is 778. The first-order chi connectivity index (χ1) is 12.0. The number of amides is 2. The van der Waals surface area contributed by atoms with Crippen LogP contribution in [0.1, 0.15) is 10.4 Å². The zero-order valence-corrected chi connectivity index (χ0v) is 14.7. The molecule has 0 aliphatic heterocycles. The van der Waals surface area contributed by atoms with Crippen LogP contribution in [0.5, 0.6) is 0 Å². The fourth-order valence-corrected chi connectivity index (χ4v) is 2.20. The maximum Gasteiger partial charge on any atom is 0.338 e. The van der Waals surface area contributed by atoms with Crippen LogP contribution in [0.15, 0.2) is 53.0 Å². The van der Waals surface area contributed by atoms with E-state index in [2.05, 4.69) is 26.6 Å². The van der Waals surface area contributed by atoms with Gasteiger partial charge in [-0.1, -0.05) is 12.1 Å². The number of hydrogen-bond donors (Lipinski definition) is 3. The molecule has 0 radical (unpaired) electrons. The second kappa shape index (κ2) is 8.84. The molecular formula is C17H16BrN3O4. The topological polar surface area (TPSA) is 111 Å². The maximum atomic E-state index is 11.8. The van der Waals surface area contributed by atoms with Crippen LogP contribution in [-0.2, 0) is 14.3 Å². The van der Waals surface area contributed by atoms with Gasteiger partial charge in [0.25, 0.3) is 5.91 Å². The van der Waals surface area contributed by atoms with Gasteiger partial charge in [0.05, 0.1) is 17.8 Å². The van der Waals surface area contributed by atoms with Gasteiger partial charge in [0.2, 0.25) is 5.91 Å². The zero-order valence-electron chi connectivity index (χ0n) is 13.1. The lowest BCUT2D eigenvalue weighted by molar-refractivity contribution is -0.126. The predicted molar refractivity (Wildman–Crippen MR) is 96.9 cm³/mol. The smallest absolute Gasteiger partial charge is 0.338 e. The van der Waals surface area contributed by atoms with Crippen LogP contribution in [0.4, 0.5) is 11.4 Å². The van der Waals surface area contributed by atoms with Crippen molar-refractivity contribution in [3.8, 4) is 0 Å². The van der Waals surface area contributed by atoms with Crippen molar-refractivity contribution in [1.29, 1.82) is 0 Å². The number of para-hydroxylation sites is 1. The molecule has 2 amide bonds. The summed E-state index contributed by atoms with van der Waals surface area (Å²) in [6, 6.07) is 13.2. The molecule has 0 fully saturated rings. The Balaban J connectivity index is 1.73. The summed E-state index contributed by atoms with van der Waals surface area (Å²) in [5.41, 5.74) is 6.92. The highest BCUT2D eigenvalue weighted by Crippen LogP contribution is 2.20. The van der Waals surface area contributed by atoms with E-state index in [1.54, 1.807) is 30.3 Å². The van der Waals surface area contributed by atoms with Gasteiger partial charge in [-0.05, 0) is 52.3 Å². The van der Waals surface area contributed by atoms with Crippen LogP contribution in [0.25, 0.3) is 0 Å². The summed E-state index contributed by atoms with van der Waals surface area (Å²) in [4.78, 5) is 35.2. The third-order valence-electron chi connectivity index (χ3n) is 3.07. The van der Waals surface area contributed by atoms with Gasteiger partial charge in [0.1, 0.15) is 0 Å². The van der Waals surface area contributed by atoms with E-state index in [4.69, 9.17) is 10.5 Å². The van der Waals surface area contributed by atoms with E-state index in [0.29, 0.717) is 11.4 Å². The van der Waals surface area contributed by atoms with Crippen LogP contribution >= 0.6 is 15.9 Å². The molecule has 2 rings (SSSR count). The monoisotopic (exact) mass is 405 g/mol. The average molecular weight is 406 g/mol. The molecular weight excluding hydrogens is 390 g/mol. The molecule has 0 bridgehead atoms. The van der Waals surface area contributed by atoms with Gasteiger partial charge >= 0.3 is 5.97 Å². The van der Waals surface area contributed by atoms with Crippen LogP contribution in [-0.4, -0.2) is 30.9 Å². The lowest BCUT2D eigenvalue weighted by Crippen LogP contribution is -2.35. The highest BCUT2D eigenvalue weighted by atomic mass is 79.9. The number of nitrogen functional groups attached to an aromatic ring is 1. The average Bonchev–Trinajstić information content (AvgIpc) is 2.60. The lowest BCUT2D eigenvalue weighted by Gasteiger charge is -2.09. The van der Waals surface area contributed by atoms with E-state index in [1.165, 1.54) is 12.1 Å². The van der Waals surface area contributed by atoms with E-state index >= 15 is 0 Å². The number of nitrogens with one attached hydrogen (secondary N) is 2. The van der Waals surface area contributed by atoms with Gasteiger partial charge in [-0.3, -0.25) is 9.59 Å². The number of ether oxygens (including phenoxy) is 1. The Morgan fingerprint density at radius 2 is 1.68 bits per heavy atom. The van der Waals surface area contributed by atoms with Gasteiger partial charge in [-0.25, -0.2) is 4.79 Å². The molecule has 130 valence electrons. The number of halogens is 1. The van der Waals surface area contributed by atoms with Gasteiger partial charge in [-0.15, -0.1) is 0 Å². The lowest BCUT2D eigenvalue weighted by atomic mass is 10.2. The minimum atomic E-state index is -0.646. The molecule has 8 heteroatoms. The van der Waals surface area contributed by atoms with Crippen molar-refractivity contribution in [1.82, 2.24) is 5.32 Å².